The van der Waals surface area contributed by atoms with Gasteiger partial charge in [-0.1, -0.05) is 8.41 Å². The molecule has 0 rings (SSSR count). The first kappa shape index (κ1) is 35.6. The molecule has 13 valence electrons. The zero-order valence-corrected chi connectivity index (χ0v) is 6.58. The van der Waals surface area contributed by atoms with Crippen molar-refractivity contribution in [1.82, 2.24) is 0 Å². The Morgan fingerprint density at radius 2 is 1.00 bits per heavy atom. The first-order valence-corrected chi connectivity index (χ1v) is 0. The molecule has 0 aliphatic heterocycles. The largest absolute Gasteiger partial charge is 1.00 e. The fraction of sp³-hybridized carbons (Fsp3) is 0. The van der Waals surface area contributed by atoms with Gasteiger partial charge in [0, 0.05) is 8.41 Å². The van der Waals surface area contributed by atoms with Crippen LogP contribution in [0.15, 0.2) is 0 Å². The molecule has 0 aromatic carbocycles. The van der Waals surface area contributed by atoms with E-state index >= 15 is 0 Å². The van der Waals surface area contributed by atoms with Crippen LogP contribution >= 0.6 is 0 Å². The summed E-state index contributed by atoms with van der Waals surface area (Å²) in [6.07, 6.45) is 0. The third-order valence-corrected chi connectivity index (χ3v) is 0. The molecule has 0 unspecified atom stereocenters. The maximum Gasteiger partial charge on any atom is 1.00 e. The van der Waals surface area contributed by atoms with E-state index in [0.29, 0.717) is 0 Å². The molecule has 0 saturated carbocycles. The first-order valence-electron chi connectivity index (χ1n) is 0. The summed E-state index contributed by atoms with van der Waals surface area (Å²) >= 11 is 0. The van der Waals surface area contributed by atoms with Gasteiger partial charge in [0.05, 0.1) is 0 Å². The van der Waals surface area contributed by atoms with E-state index in [1.807, 2.05) is 0 Å². The average molecular weight is 72.6 g/mol. The fourth-order valence-corrected chi connectivity index (χ4v) is 0. The van der Waals surface area contributed by atoms with Gasteiger partial charge in [-0.25, -0.2) is 0 Å². The second-order valence-electron chi connectivity index (χ2n) is 0. The van der Waals surface area contributed by atoms with E-state index in [2.05, 4.69) is 0 Å². The molecule has 0 N–H and O–H groups in total. The molecule has 0 bridgehead atoms. The Morgan fingerprint density at radius 3 is 1.00 bits per heavy atom. The van der Waals surface area contributed by atoms with E-state index in [1.165, 1.54) is 0 Å². The maximum atomic E-state index is 0. The summed E-state index contributed by atoms with van der Waals surface area (Å²) in [5.41, 5.74) is 0. The Hall–Kier alpha value is 2.13. The SMILES string of the molecule is [BH4-].[B].[H-].[Na+].[Na+]. The van der Waals surface area contributed by atoms with Crippen LogP contribution in [0.4, 0.5) is 0 Å². The molecule has 0 amide bonds. The van der Waals surface area contributed by atoms with Crippen molar-refractivity contribution in [2.24, 2.45) is 0 Å². The van der Waals surface area contributed by atoms with Gasteiger partial charge in [0.25, 0.3) is 0 Å². The standard InChI is InChI=1S/BH4.B.2Na.H/h1H4;;;;/q-1;;2*+1;-1. The van der Waals surface area contributed by atoms with E-state index in [4.69, 9.17) is 0 Å². The Balaban J connectivity index is 0. The van der Waals surface area contributed by atoms with Gasteiger partial charge in [-0.05, 0) is 0 Å². The van der Waals surface area contributed by atoms with Crippen molar-refractivity contribution in [3.8, 4) is 0 Å². The van der Waals surface area contributed by atoms with Crippen molar-refractivity contribution in [2.45, 2.75) is 0 Å². The summed E-state index contributed by atoms with van der Waals surface area (Å²) in [5, 5.41) is 0. The summed E-state index contributed by atoms with van der Waals surface area (Å²) in [6.45, 7) is 0. The van der Waals surface area contributed by atoms with Crippen LogP contribution in [0, 0.1) is 0 Å². The normalized spacial score (nSPS) is 0. The summed E-state index contributed by atoms with van der Waals surface area (Å²) < 4.78 is 0. The molecule has 3 radical (unpaired) electrons. The van der Waals surface area contributed by atoms with Gasteiger partial charge in [0.2, 0.25) is 0 Å². The Morgan fingerprint density at radius 1 is 1.00 bits per heavy atom. The molecule has 0 spiro atoms. The molecule has 0 heterocycles. The van der Waals surface area contributed by atoms with Gasteiger partial charge >= 0.3 is 59.1 Å². The summed E-state index contributed by atoms with van der Waals surface area (Å²) in [5.74, 6) is 0. The third kappa shape index (κ3) is 8.92. The van der Waals surface area contributed by atoms with Crippen LogP contribution in [0.25, 0.3) is 0 Å². The van der Waals surface area contributed by atoms with Crippen molar-refractivity contribution in [1.29, 1.82) is 0 Å². The Labute approximate surface area is 76.3 Å². The number of rotatable bonds is 0. The van der Waals surface area contributed by atoms with E-state index in [0.717, 1.165) is 0 Å². The minimum absolute atomic E-state index is 0. The second-order valence-corrected chi connectivity index (χ2v) is 0. The molecular weight excluding hydrogens is 67.6 g/mol. The van der Waals surface area contributed by atoms with Crippen molar-refractivity contribution >= 4 is 16.8 Å². The molecule has 4 heavy (non-hydrogen) atoms. The van der Waals surface area contributed by atoms with Gasteiger partial charge < -0.3 is 1.43 Å². The monoisotopic (exact) mass is 73.0 g/mol. The van der Waals surface area contributed by atoms with Gasteiger partial charge in [0.1, 0.15) is 0 Å². The van der Waals surface area contributed by atoms with Crippen LogP contribution in [0.2, 0.25) is 0 Å². The first-order chi connectivity index (χ1) is 0. The summed E-state index contributed by atoms with van der Waals surface area (Å²) in [4.78, 5) is 0. The van der Waals surface area contributed by atoms with Crippen LogP contribution in [-0.4, -0.2) is 16.8 Å². The zero-order chi connectivity index (χ0) is 0. The summed E-state index contributed by atoms with van der Waals surface area (Å²) in [6, 6.07) is 0. The van der Waals surface area contributed by atoms with Crippen LogP contribution < -0.4 is 59.1 Å². The summed E-state index contributed by atoms with van der Waals surface area (Å²) in [7, 11) is 0. The molecule has 0 fully saturated rings. The van der Waals surface area contributed by atoms with Crippen LogP contribution in [-0.2, 0) is 0 Å². The van der Waals surface area contributed by atoms with Gasteiger partial charge in [-0.3, -0.25) is 0 Å². The average Bonchev–Trinajstić information content (AvgIpc) is 0. The topological polar surface area (TPSA) is 0 Å². The fourth-order valence-electron chi connectivity index (χ4n) is 0. The molecule has 0 saturated heterocycles. The van der Waals surface area contributed by atoms with Crippen LogP contribution in [0.3, 0.4) is 0 Å². The van der Waals surface area contributed by atoms with E-state index in [-0.39, 0.29) is 77.4 Å². The second kappa shape index (κ2) is 19.3. The van der Waals surface area contributed by atoms with E-state index in [1.54, 1.807) is 0 Å². The van der Waals surface area contributed by atoms with E-state index in [9.17, 15) is 0 Å². The minimum atomic E-state index is 0. The van der Waals surface area contributed by atoms with Crippen molar-refractivity contribution < 1.29 is 60.5 Å². The molecule has 0 aromatic heterocycles. The number of hydrogen-bond acceptors (Lipinski definition) is 0. The minimum Gasteiger partial charge on any atom is -1.00 e. The van der Waals surface area contributed by atoms with Crippen molar-refractivity contribution in [3.05, 3.63) is 0 Å². The third-order valence-electron chi connectivity index (χ3n) is 0. The Kier molecular flexibility index (Phi) is 171. The molecule has 0 aromatic rings. The quantitative estimate of drug-likeness (QED) is 0.250. The smallest absolute Gasteiger partial charge is 1.00 e. The van der Waals surface area contributed by atoms with Gasteiger partial charge in [-0.15, -0.1) is 0 Å². The van der Waals surface area contributed by atoms with Gasteiger partial charge in [-0.2, -0.15) is 0 Å². The predicted octanol–water partition coefficient (Wildman–Crippen LogP) is -7.71. The molecule has 0 aliphatic rings. The molecule has 0 aliphatic carbocycles. The van der Waals surface area contributed by atoms with Gasteiger partial charge in [0.15, 0.2) is 0 Å². The van der Waals surface area contributed by atoms with E-state index < -0.39 is 0 Å². The number of hydrogen-bond donors (Lipinski definition) is 0. The Bertz CT molecular complexity index is 7.61. The van der Waals surface area contributed by atoms with Crippen molar-refractivity contribution in [2.75, 3.05) is 0 Å². The predicted molar refractivity (Wildman–Crippen MR) is 18.2 cm³/mol. The maximum absolute atomic E-state index is 0. The van der Waals surface area contributed by atoms with Crippen LogP contribution in [0.5, 0.6) is 0 Å². The molecule has 4 heteroatoms. The molecule has 0 nitrogen and oxygen atoms in total. The molecular formula is H5B2Na2. The van der Waals surface area contributed by atoms with Crippen LogP contribution in [0.1, 0.15) is 1.43 Å². The van der Waals surface area contributed by atoms with Crippen molar-refractivity contribution in [3.63, 3.8) is 0 Å². The zero-order valence-electron chi connectivity index (χ0n) is 3.58. The molecule has 0 atom stereocenters.